The molecule has 0 unspecified atom stereocenters. The van der Waals surface area contributed by atoms with Crippen LogP contribution in [0.4, 0.5) is 10.1 Å². The summed E-state index contributed by atoms with van der Waals surface area (Å²) < 4.78 is 41.0. The molecule has 0 heterocycles. The summed E-state index contributed by atoms with van der Waals surface area (Å²) in [5.41, 5.74) is 2.06. The quantitative estimate of drug-likeness (QED) is 0.334. The molecular weight excluding hydrogens is 541 g/mol. The summed E-state index contributed by atoms with van der Waals surface area (Å²) in [6, 6.07) is 21.1. The van der Waals surface area contributed by atoms with Crippen molar-refractivity contribution in [3.05, 3.63) is 101 Å². The minimum absolute atomic E-state index is 0.00395. The molecule has 0 aliphatic carbocycles. The van der Waals surface area contributed by atoms with Crippen LogP contribution in [0.3, 0.4) is 0 Å². The Hall–Kier alpha value is -3.72. The molecule has 220 valence electrons. The molecule has 0 aliphatic rings. The van der Waals surface area contributed by atoms with E-state index >= 15 is 0 Å². The van der Waals surface area contributed by atoms with Gasteiger partial charge in [0.2, 0.25) is 21.8 Å². The largest absolute Gasteiger partial charge is 0.350 e. The number of rotatable bonds is 11. The Bertz CT molecular complexity index is 1440. The lowest BCUT2D eigenvalue weighted by molar-refractivity contribution is -0.140. The Kier molecular flexibility index (Phi) is 10.3. The highest BCUT2D eigenvalue weighted by atomic mass is 32.2. The summed E-state index contributed by atoms with van der Waals surface area (Å²) in [4.78, 5) is 29.3. The Balaban J connectivity index is 2.11. The maximum absolute atomic E-state index is 14.2. The van der Waals surface area contributed by atoms with E-state index in [4.69, 9.17) is 0 Å². The monoisotopic (exact) mass is 581 g/mol. The number of carbonyl (C=O) groups excluding carboxylic acids is 2. The summed E-state index contributed by atoms with van der Waals surface area (Å²) in [6.07, 6.45) is 1.27. The summed E-state index contributed by atoms with van der Waals surface area (Å²) >= 11 is 0. The van der Waals surface area contributed by atoms with Crippen LogP contribution in [0.15, 0.2) is 78.9 Å². The summed E-state index contributed by atoms with van der Waals surface area (Å²) in [5.74, 6) is -1.34. The topological polar surface area (TPSA) is 86.8 Å². The number of anilines is 1. The minimum atomic E-state index is -3.88. The highest BCUT2D eigenvalue weighted by Gasteiger charge is 2.34. The second-order valence-electron chi connectivity index (χ2n) is 11.6. The maximum atomic E-state index is 14.2. The van der Waals surface area contributed by atoms with Gasteiger partial charge in [-0.3, -0.25) is 13.9 Å². The lowest BCUT2D eigenvalue weighted by Gasteiger charge is -2.35. The molecule has 0 spiro atoms. The van der Waals surface area contributed by atoms with Gasteiger partial charge < -0.3 is 10.2 Å². The molecule has 0 aromatic heterocycles. The Morgan fingerprint density at radius 2 is 1.46 bits per heavy atom. The number of amides is 2. The molecule has 0 fully saturated rings. The van der Waals surface area contributed by atoms with Crippen LogP contribution in [0, 0.1) is 5.82 Å². The lowest BCUT2D eigenvalue weighted by Crippen LogP contribution is -2.56. The first-order valence-electron chi connectivity index (χ1n) is 13.6. The Morgan fingerprint density at radius 1 is 0.878 bits per heavy atom. The van der Waals surface area contributed by atoms with E-state index in [2.05, 4.69) is 5.32 Å². The first-order chi connectivity index (χ1) is 19.2. The zero-order valence-electron chi connectivity index (χ0n) is 24.6. The maximum Gasteiger partial charge on any atom is 0.244 e. The molecule has 3 aromatic carbocycles. The van der Waals surface area contributed by atoms with E-state index in [1.54, 1.807) is 24.3 Å². The number of hydrogen-bond donors (Lipinski definition) is 1. The van der Waals surface area contributed by atoms with E-state index in [0.29, 0.717) is 11.3 Å². The summed E-state index contributed by atoms with van der Waals surface area (Å²) in [7, 11) is -3.88. The van der Waals surface area contributed by atoms with Crippen LogP contribution >= 0.6 is 0 Å². The highest BCUT2D eigenvalue weighted by Crippen LogP contribution is 2.29. The molecule has 0 radical (unpaired) electrons. The minimum Gasteiger partial charge on any atom is -0.350 e. The van der Waals surface area contributed by atoms with Crippen molar-refractivity contribution >= 4 is 27.5 Å². The average molecular weight is 582 g/mol. The van der Waals surface area contributed by atoms with Gasteiger partial charge in [0.1, 0.15) is 18.4 Å². The van der Waals surface area contributed by atoms with Crippen molar-refractivity contribution in [1.82, 2.24) is 10.2 Å². The van der Waals surface area contributed by atoms with Gasteiger partial charge in [0, 0.05) is 18.5 Å². The molecule has 0 aliphatic heterocycles. The van der Waals surface area contributed by atoms with Crippen LogP contribution in [0.1, 0.15) is 57.2 Å². The van der Waals surface area contributed by atoms with E-state index < -0.39 is 39.9 Å². The predicted molar refractivity (Wildman–Crippen MR) is 162 cm³/mol. The van der Waals surface area contributed by atoms with Crippen LogP contribution in [-0.2, 0) is 32.6 Å². The Morgan fingerprint density at radius 3 is 2.02 bits per heavy atom. The van der Waals surface area contributed by atoms with E-state index in [9.17, 15) is 22.4 Å². The van der Waals surface area contributed by atoms with Crippen LogP contribution in [0.5, 0.6) is 0 Å². The molecule has 1 atom stereocenters. The predicted octanol–water partition coefficient (Wildman–Crippen LogP) is 5.27. The van der Waals surface area contributed by atoms with Gasteiger partial charge >= 0.3 is 0 Å². The van der Waals surface area contributed by atoms with Crippen molar-refractivity contribution < 1.29 is 22.4 Å². The van der Waals surface area contributed by atoms with Crippen molar-refractivity contribution in [2.75, 3.05) is 17.1 Å². The van der Waals surface area contributed by atoms with Crippen molar-refractivity contribution in [3.8, 4) is 0 Å². The third kappa shape index (κ3) is 9.14. The van der Waals surface area contributed by atoms with Crippen LogP contribution in [-0.4, -0.2) is 49.5 Å². The third-order valence-electron chi connectivity index (χ3n) is 6.54. The van der Waals surface area contributed by atoms with Crippen molar-refractivity contribution in [2.24, 2.45) is 0 Å². The summed E-state index contributed by atoms with van der Waals surface area (Å²) in [6.45, 7) is 8.94. The zero-order chi connectivity index (χ0) is 30.4. The number of nitrogens with one attached hydrogen (secondary N) is 1. The van der Waals surface area contributed by atoms with Crippen molar-refractivity contribution in [2.45, 2.75) is 65.1 Å². The number of benzene rings is 3. The van der Waals surface area contributed by atoms with Gasteiger partial charge in [-0.25, -0.2) is 12.8 Å². The fourth-order valence-electron chi connectivity index (χ4n) is 4.59. The Labute approximate surface area is 243 Å². The highest BCUT2D eigenvalue weighted by molar-refractivity contribution is 7.92. The number of halogens is 1. The van der Waals surface area contributed by atoms with E-state index in [1.807, 2.05) is 77.1 Å². The number of para-hydroxylation sites is 1. The normalized spacial score (nSPS) is 12.6. The molecule has 2 amide bonds. The van der Waals surface area contributed by atoms with Gasteiger partial charge in [-0.1, -0.05) is 74.5 Å². The fourth-order valence-corrected chi connectivity index (χ4v) is 5.46. The number of sulfonamides is 1. The van der Waals surface area contributed by atoms with E-state index in [-0.39, 0.29) is 24.8 Å². The van der Waals surface area contributed by atoms with Gasteiger partial charge in [0.25, 0.3) is 0 Å². The molecule has 3 aromatic rings. The molecule has 9 heteroatoms. The zero-order valence-corrected chi connectivity index (χ0v) is 25.4. The molecule has 7 nitrogen and oxygen atoms in total. The molecule has 0 saturated heterocycles. The van der Waals surface area contributed by atoms with Crippen LogP contribution < -0.4 is 9.62 Å². The second-order valence-corrected chi connectivity index (χ2v) is 13.5. The molecule has 3 rings (SSSR count). The average Bonchev–Trinajstić information content (AvgIpc) is 2.89. The lowest BCUT2D eigenvalue weighted by atomic mass is 10.00. The van der Waals surface area contributed by atoms with E-state index in [0.717, 1.165) is 21.7 Å². The number of nitrogens with zero attached hydrogens (tertiary/aromatic N) is 2. The molecule has 0 bridgehead atoms. The second kappa shape index (κ2) is 13.3. The standard InChI is InChI=1S/C32H40FN3O4S/c1-23(2)27-14-10-11-15-28(27)36(41(6,39)40)22-30(37)35(21-25-16-18-26(33)19-17-25)29(31(38)34-32(3,4)5)20-24-12-8-7-9-13-24/h7-19,23,29H,20-22H2,1-6H3,(H,34,38)/t29-/m1/s1. The molecule has 1 N–H and O–H groups in total. The van der Waals surface area contributed by atoms with Crippen LogP contribution in [0.2, 0.25) is 0 Å². The number of hydrogen-bond acceptors (Lipinski definition) is 4. The van der Waals surface area contributed by atoms with Gasteiger partial charge in [0.05, 0.1) is 11.9 Å². The molecular formula is C32H40FN3O4S. The van der Waals surface area contributed by atoms with E-state index in [1.165, 1.54) is 17.0 Å². The fraction of sp³-hybridized carbons (Fsp3) is 0.375. The van der Waals surface area contributed by atoms with Crippen LogP contribution in [0.25, 0.3) is 0 Å². The van der Waals surface area contributed by atoms with Crippen molar-refractivity contribution in [3.63, 3.8) is 0 Å². The van der Waals surface area contributed by atoms with Gasteiger partial charge in [0.15, 0.2) is 0 Å². The third-order valence-corrected chi connectivity index (χ3v) is 7.67. The number of carbonyl (C=O) groups is 2. The first-order valence-corrected chi connectivity index (χ1v) is 15.5. The van der Waals surface area contributed by atoms with Gasteiger partial charge in [-0.15, -0.1) is 0 Å². The molecule has 0 saturated carbocycles. The van der Waals surface area contributed by atoms with Gasteiger partial charge in [-0.2, -0.15) is 0 Å². The van der Waals surface area contributed by atoms with Gasteiger partial charge in [-0.05, 0) is 61.6 Å². The first kappa shape index (κ1) is 31.8. The SMILES string of the molecule is CC(C)c1ccccc1N(CC(=O)N(Cc1ccc(F)cc1)[C@H](Cc1ccccc1)C(=O)NC(C)(C)C)S(C)(=O)=O. The van der Waals surface area contributed by atoms with Crippen molar-refractivity contribution in [1.29, 1.82) is 0 Å². The smallest absolute Gasteiger partial charge is 0.244 e. The summed E-state index contributed by atoms with van der Waals surface area (Å²) in [5, 5.41) is 2.98. The molecule has 41 heavy (non-hydrogen) atoms.